The Kier molecular flexibility index (Phi) is 4.68. The number of nitrogens with one attached hydrogen (secondary N) is 1. The van der Waals surface area contributed by atoms with E-state index in [1.165, 1.54) is 24.9 Å². The predicted octanol–water partition coefficient (Wildman–Crippen LogP) is 2.45. The summed E-state index contributed by atoms with van der Waals surface area (Å²) in [7, 11) is 0. The number of benzene rings is 1. The number of rotatable bonds is 6. The number of hydrogen-bond donors (Lipinski definition) is 1. The second-order valence-electron chi connectivity index (χ2n) is 5.68. The molecular formula is C17H24N4. The molecule has 0 saturated carbocycles. The van der Waals surface area contributed by atoms with Gasteiger partial charge in [-0.2, -0.15) is 5.10 Å². The van der Waals surface area contributed by atoms with Crippen LogP contribution in [0.3, 0.4) is 0 Å². The van der Waals surface area contributed by atoms with Gasteiger partial charge in [-0.3, -0.25) is 4.90 Å². The Morgan fingerprint density at radius 1 is 1.29 bits per heavy atom. The first-order valence-corrected chi connectivity index (χ1v) is 7.90. The topological polar surface area (TPSA) is 33.1 Å². The zero-order valence-electron chi connectivity index (χ0n) is 12.7. The van der Waals surface area contributed by atoms with Gasteiger partial charge in [0.15, 0.2) is 0 Å². The first kappa shape index (κ1) is 14.3. The van der Waals surface area contributed by atoms with Gasteiger partial charge in [0.25, 0.3) is 0 Å². The van der Waals surface area contributed by atoms with Gasteiger partial charge >= 0.3 is 0 Å². The van der Waals surface area contributed by atoms with E-state index in [0.29, 0.717) is 6.04 Å². The molecule has 4 heteroatoms. The third kappa shape index (κ3) is 3.52. The molecule has 2 heterocycles. The Labute approximate surface area is 126 Å². The smallest absolute Gasteiger partial charge is 0.0645 e. The zero-order chi connectivity index (χ0) is 14.5. The molecule has 3 rings (SSSR count). The normalized spacial score (nSPS) is 19.2. The minimum Gasteiger partial charge on any atom is -0.311 e. The first-order chi connectivity index (χ1) is 10.4. The van der Waals surface area contributed by atoms with E-state index in [-0.39, 0.29) is 0 Å². The molecular weight excluding hydrogens is 260 g/mol. The second kappa shape index (κ2) is 6.87. The average Bonchev–Trinajstić information content (AvgIpc) is 3.17. The van der Waals surface area contributed by atoms with E-state index in [9.17, 15) is 0 Å². The minimum atomic E-state index is 0.708. The molecule has 1 N–H and O–H groups in total. The maximum Gasteiger partial charge on any atom is 0.0645 e. The number of likely N-dealkylation sites (N-methyl/N-ethyl adjacent to an activating group) is 1. The van der Waals surface area contributed by atoms with Crippen molar-refractivity contribution in [2.75, 3.05) is 19.6 Å². The maximum absolute atomic E-state index is 4.43. The van der Waals surface area contributed by atoms with Gasteiger partial charge in [-0.15, -0.1) is 0 Å². The summed E-state index contributed by atoms with van der Waals surface area (Å²) < 4.78 is 1.94. The lowest BCUT2D eigenvalue weighted by molar-refractivity contribution is 0.260. The summed E-state index contributed by atoms with van der Waals surface area (Å²) in [6, 6.07) is 10.9. The van der Waals surface area contributed by atoms with Gasteiger partial charge in [0.2, 0.25) is 0 Å². The molecule has 4 nitrogen and oxygen atoms in total. The van der Waals surface area contributed by atoms with Crippen LogP contribution in [0.4, 0.5) is 0 Å². The molecule has 0 aliphatic carbocycles. The Balaban J connectivity index is 1.51. The lowest BCUT2D eigenvalue weighted by Gasteiger charge is -2.22. The monoisotopic (exact) mass is 284 g/mol. The van der Waals surface area contributed by atoms with E-state index >= 15 is 0 Å². The van der Waals surface area contributed by atoms with Crippen molar-refractivity contribution in [2.45, 2.75) is 32.4 Å². The van der Waals surface area contributed by atoms with Crippen LogP contribution in [0.2, 0.25) is 0 Å². The van der Waals surface area contributed by atoms with Crippen molar-refractivity contribution in [3.8, 4) is 5.69 Å². The average molecular weight is 284 g/mol. The van der Waals surface area contributed by atoms with Crippen LogP contribution in [0.25, 0.3) is 5.69 Å². The van der Waals surface area contributed by atoms with Crippen molar-refractivity contribution in [3.63, 3.8) is 0 Å². The fourth-order valence-corrected chi connectivity index (χ4v) is 3.10. The molecule has 21 heavy (non-hydrogen) atoms. The van der Waals surface area contributed by atoms with E-state index in [2.05, 4.69) is 40.6 Å². The molecule has 1 aromatic carbocycles. The van der Waals surface area contributed by atoms with Crippen LogP contribution >= 0.6 is 0 Å². The first-order valence-electron chi connectivity index (χ1n) is 7.90. The number of para-hydroxylation sites is 1. The third-order valence-electron chi connectivity index (χ3n) is 4.27. The van der Waals surface area contributed by atoms with Crippen LogP contribution in [-0.4, -0.2) is 40.4 Å². The highest BCUT2D eigenvalue weighted by atomic mass is 15.3. The van der Waals surface area contributed by atoms with Crippen molar-refractivity contribution in [1.29, 1.82) is 0 Å². The summed E-state index contributed by atoms with van der Waals surface area (Å²) in [4.78, 5) is 2.57. The lowest BCUT2D eigenvalue weighted by Crippen LogP contribution is -2.37. The molecule has 0 bridgehead atoms. The molecule has 1 aliphatic rings. The molecule has 1 saturated heterocycles. The standard InChI is InChI=1S/C17H24N4/c1-2-20-10-6-9-17(20)13-18-11-15-12-19-21(14-15)16-7-4-3-5-8-16/h3-5,7-8,12,14,17-18H,2,6,9-11,13H2,1H3. The summed E-state index contributed by atoms with van der Waals surface area (Å²) in [5, 5.41) is 8.01. The van der Waals surface area contributed by atoms with Crippen molar-refractivity contribution >= 4 is 0 Å². The summed E-state index contributed by atoms with van der Waals surface area (Å²) in [6.45, 7) is 6.64. The van der Waals surface area contributed by atoms with Gasteiger partial charge < -0.3 is 5.32 Å². The molecule has 112 valence electrons. The molecule has 1 aliphatic heterocycles. The Hall–Kier alpha value is -1.65. The molecule has 2 aromatic rings. The molecule has 1 atom stereocenters. The fourth-order valence-electron chi connectivity index (χ4n) is 3.10. The second-order valence-corrected chi connectivity index (χ2v) is 5.68. The van der Waals surface area contributed by atoms with Gasteiger partial charge in [-0.25, -0.2) is 4.68 Å². The van der Waals surface area contributed by atoms with E-state index in [4.69, 9.17) is 0 Å². The van der Waals surface area contributed by atoms with Crippen LogP contribution in [0, 0.1) is 0 Å². The molecule has 0 amide bonds. The Bertz CT molecular complexity index is 549. The minimum absolute atomic E-state index is 0.708. The molecule has 0 spiro atoms. The van der Waals surface area contributed by atoms with Gasteiger partial charge in [0.05, 0.1) is 11.9 Å². The lowest BCUT2D eigenvalue weighted by atomic mass is 10.2. The van der Waals surface area contributed by atoms with Crippen LogP contribution in [0.5, 0.6) is 0 Å². The molecule has 1 fully saturated rings. The fraction of sp³-hybridized carbons (Fsp3) is 0.471. The highest BCUT2D eigenvalue weighted by molar-refractivity contribution is 5.30. The van der Waals surface area contributed by atoms with E-state index in [1.807, 2.05) is 29.1 Å². The SMILES string of the molecule is CCN1CCCC1CNCc1cnn(-c2ccccc2)c1. The van der Waals surface area contributed by atoms with Crippen molar-refractivity contribution in [3.05, 3.63) is 48.3 Å². The quantitative estimate of drug-likeness (QED) is 0.884. The van der Waals surface area contributed by atoms with Crippen LogP contribution in [0.1, 0.15) is 25.3 Å². The highest BCUT2D eigenvalue weighted by Gasteiger charge is 2.22. The van der Waals surface area contributed by atoms with Gasteiger partial charge in [-0.1, -0.05) is 25.1 Å². The van der Waals surface area contributed by atoms with Gasteiger partial charge in [0.1, 0.15) is 0 Å². The summed E-state index contributed by atoms with van der Waals surface area (Å²) in [6.07, 6.45) is 6.72. The number of likely N-dealkylation sites (tertiary alicyclic amines) is 1. The largest absolute Gasteiger partial charge is 0.311 e. The third-order valence-corrected chi connectivity index (χ3v) is 4.27. The summed E-state index contributed by atoms with van der Waals surface area (Å²) >= 11 is 0. The predicted molar refractivity (Wildman–Crippen MR) is 85.5 cm³/mol. The number of hydrogen-bond acceptors (Lipinski definition) is 3. The molecule has 1 aromatic heterocycles. The zero-order valence-corrected chi connectivity index (χ0v) is 12.7. The van der Waals surface area contributed by atoms with E-state index < -0.39 is 0 Å². The van der Waals surface area contributed by atoms with Gasteiger partial charge in [-0.05, 0) is 38.1 Å². The Morgan fingerprint density at radius 2 is 2.14 bits per heavy atom. The van der Waals surface area contributed by atoms with Crippen molar-refractivity contribution < 1.29 is 0 Å². The maximum atomic E-state index is 4.43. The van der Waals surface area contributed by atoms with E-state index in [1.54, 1.807) is 0 Å². The van der Waals surface area contributed by atoms with Crippen molar-refractivity contribution in [1.82, 2.24) is 20.0 Å². The van der Waals surface area contributed by atoms with Gasteiger partial charge in [0, 0.05) is 30.9 Å². The van der Waals surface area contributed by atoms with E-state index in [0.717, 1.165) is 25.3 Å². The number of aromatic nitrogens is 2. The molecule has 1 unspecified atom stereocenters. The van der Waals surface area contributed by atoms with Crippen LogP contribution in [0.15, 0.2) is 42.7 Å². The molecule has 0 radical (unpaired) electrons. The summed E-state index contributed by atoms with van der Waals surface area (Å²) in [5.74, 6) is 0. The van der Waals surface area contributed by atoms with Crippen LogP contribution < -0.4 is 5.32 Å². The van der Waals surface area contributed by atoms with Crippen molar-refractivity contribution in [2.24, 2.45) is 0 Å². The summed E-state index contributed by atoms with van der Waals surface area (Å²) in [5.41, 5.74) is 2.34. The Morgan fingerprint density at radius 3 is 2.95 bits per heavy atom. The highest BCUT2D eigenvalue weighted by Crippen LogP contribution is 2.15. The van der Waals surface area contributed by atoms with Crippen LogP contribution in [-0.2, 0) is 6.54 Å². The number of nitrogens with zero attached hydrogens (tertiary/aromatic N) is 3.